The number of fused-ring (bicyclic) bond motifs is 1. The topological polar surface area (TPSA) is 106 Å². The van der Waals surface area contributed by atoms with Crippen molar-refractivity contribution in [2.75, 3.05) is 61.9 Å². The molecule has 10 nitrogen and oxygen atoms in total. The highest BCUT2D eigenvalue weighted by Crippen LogP contribution is 2.31. The van der Waals surface area contributed by atoms with Gasteiger partial charge in [-0.3, -0.25) is 9.59 Å². The minimum absolute atomic E-state index is 0.0183. The first-order valence-corrected chi connectivity index (χ1v) is 12.7. The van der Waals surface area contributed by atoms with Gasteiger partial charge in [0.15, 0.2) is 0 Å². The molecule has 4 rings (SSSR count). The number of carbonyl (C=O) groups is 2. The largest absolute Gasteiger partial charge is 0.350 e. The zero-order chi connectivity index (χ0) is 24.5. The second kappa shape index (κ2) is 9.69. The summed E-state index contributed by atoms with van der Waals surface area (Å²) >= 11 is 0. The van der Waals surface area contributed by atoms with Crippen molar-refractivity contribution in [3.63, 3.8) is 0 Å². The molecule has 1 N–H and O–H groups in total. The lowest BCUT2D eigenvalue weighted by Gasteiger charge is -2.31. The number of hydrogen-bond donors (Lipinski definition) is 1. The molecule has 3 heterocycles. The van der Waals surface area contributed by atoms with Crippen LogP contribution in [-0.4, -0.2) is 87.3 Å². The third-order valence-electron chi connectivity index (χ3n) is 6.21. The molecule has 34 heavy (non-hydrogen) atoms. The van der Waals surface area contributed by atoms with E-state index in [9.17, 15) is 18.0 Å². The van der Waals surface area contributed by atoms with E-state index in [0.717, 1.165) is 0 Å². The van der Waals surface area contributed by atoms with Crippen LogP contribution in [0.2, 0.25) is 0 Å². The van der Waals surface area contributed by atoms with E-state index in [1.165, 1.54) is 16.6 Å². The Kier molecular flexibility index (Phi) is 6.87. The fourth-order valence-corrected chi connectivity index (χ4v) is 5.62. The number of sulfonamides is 1. The number of amides is 2. The summed E-state index contributed by atoms with van der Waals surface area (Å²) in [5, 5.41) is 2.85. The molecule has 0 bridgehead atoms. The zero-order valence-corrected chi connectivity index (χ0v) is 20.5. The van der Waals surface area contributed by atoms with Crippen LogP contribution < -0.4 is 15.1 Å². The molecule has 2 aliphatic rings. The molecule has 1 saturated heterocycles. The molecule has 2 aromatic rings. The van der Waals surface area contributed by atoms with Crippen molar-refractivity contribution < 1.29 is 18.0 Å². The van der Waals surface area contributed by atoms with Gasteiger partial charge in [-0.25, -0.2) is 13.4 Å². The van der Waals surface area contributed by atoms with Gasteiger partial charge in [-0.2, -0.15) is 4.31 Å². The number of piperazine rings is 1. The smallest absolute Gasteiger partial charge is 0.246 e. The Balaban J connectivity index is 1.48. The first-order valence-electron chi connectivity index (χ1n) is 11.2. The Morgan fingerprint density at radius 3 is 2.53 bits per heavy atom. The van der Waals surface area contributed by atoms with Gasteiger partial charge in [0.1, 0.15) is 10.7 Å². The predicted octanol–water partition coefficient (Wildman–Crippen LogP) is 1.22. The highest BCUT2D eigenvalue weighted by atomic mass is 32.2. The molecule has 1 unspecified atom stereocenters. The monoisotopic (exact) mass is 486 g/mol. The Labute approximate surface area is 200 Å². The van der Waals surface area contributed by atoms with Crippen LogP contribution in [0.3, 0.4) is 0 Å². The van der Waals surface area contributed by atoms with Gasteiger partial charge < -0.3 is 20.0 Å². The van der Waals surface area contributed by atoms with Crippen molar-refractivity contribution in [1.82, 2.24) is 14.2 Å². The quantitative estimate of drug-likeness (QED) is 0.677. The standard InChI is InChI=1S/C23H30N6O4S/c1-17-14-22(30)25-19-6-4-5-7-20(19)29(17)23(31)16-27(3)21-9-8-18(15-24-21)34(32,33)28-12-10-26(2)11-13-28/h4-9,15,17H,10-14,16H2,1-3H3,(H,25,30). The molecule has 2 aliphatic heterocycles. The maximum Gasteiger partial charge on any atom is 0.246 e. The average molecular weight is 487 g/mol. The number of likely N-dealkylation sites (N-methyl/N-ethyl adjacent to an activating group) is 2. The van der Waals surface area contributed by atoms with Gasteiger partial charge in [0.2, 0.25) is 21.8 Å². The fraction of sp³-hybridized carbons (Fsp3) is 0.435. The maximum atomic E-state index is 13.3. The summed E-state index contributed by atoms with van der Waals surface area (Å²) in [5.41, 5.74) is 1.25. The van der Waals surface area contributed by atoms with E-state index in [4.69, 9.17) is 0 Å². The molecule has 11 heteroatoms. The molecule has 0 saturated carbocycles. The number of para-hydroxylation sites is 2. The molecule has 182 valence electrons. The summed E-state index contributed by atoms with van der Waals surface area (Å²) in [6, 6.07) is 10.1. The Hall–Kier alpha value is -3.02. The van der Waals surface area contributed by atoms with Gasteiger partial charge in [-0.05, 0) is 38.2 Å². The summed E-state index contributed by atoms with van der Waals surface area (Å²) in [6.45, 7) is 4.13. The maximum absolute atomic E-state index is 13.3. The normalized spacial score (nSPS) is 19.8. The minimum atomic E-state index is -3.61. The Morgan fingerprint density at radius 2 is 1.85 bits per heavy atom. The molecule has 0 spiro atoms. The van der Waals surface area contributed by atoms with E-state index in [2.05, 4.69) is 15.2 Å². The molecule has 0 radical (unpaired) electrons. The van der Waals surface area contributed by atoms with Crippen LogP contribution in [0.4, 0.5) is 17.2 Å². The van der Waals surface area contributed by atoms with E-state index in [0.29, 0.717) is 43.4 Å². The number of aromatic nitrogens is 1. The lowest BCUT2D eigenvalue weighted by Crippen LogP contribution is -2.47. The first kappa shape index (κ1) is 24.1. The van der Waals surface area contributed by atoms with Gasteiger partial charge in [-0.1, -0.05) is 12.1 Å². The van der Waals surface area contributed by atoms with E-state index in [-0.39, 0.29) is 35.7 Å². The number of benzene rings is 1. The van der Waals surface area contributed by atoms with Gasteiger partial charge in [-0.15, -0.1) is 0 Å². The lowest BCUT2D eigenvalue weighted by atomic mass is 10.1. The van der Waals surface area contributed by atoms with E-state index in [1.54, 1.807) is 29.0 Å². The van der Waals surface area contributed by atoms with E-state index < -0.39 is 10.0 Å². The molecule has 1 atom stereocenters. The molecular formula is C23H30N6O4S. The van der Waals surface area contributed by atoms with Crippen LogP contribution >= 0.6 is 0 Å². The Bertz CT molecular complexity index is 1160. The van der Waals surface area contributed by atoms with Gasteiger partial charge in [0.05, 0.1) is 17.9 Å². The van der Waals surface area contributed by atoms with Gasteiger partial charge >= 0.3 is 0 Å². The first-order chi connectivity index (χ1) is 16.2. The molecule has 1 aromatic carbocycles. The third kappa shape index (κ3) is 4.91. The summed E-state index contributed by atoms with van der Waals surface area (Å²) < 4.78 is 27.3. The summed E-state index contributed by atoms with van der Waals surface area (Å²) in [6.07, 6.45) is 1.54. The van der Waals surface area contributed by atoms with Crippen LogP contribution in [0.5, 0.6) is 0 Å². The minimum Gasteiger partial charge on any atom is -0.350 e. The van der Waals surface area contributed by atoms with E-state index >= 15 is 0 Å². The van der Waals surface area contributed by atoms with Crippen LogP contribution in [0.1, 0.15) is 13.3 Å². The van der Waals surface area contributed by atoms with Crippen molar-refractivity contribution in [3.05, 3.63) is 42.6 Å². The number of hydrogen-bond acceptors (Lipinski definition) is 7. The highest BCUT2D eigenvalue weighted by molar-refractivity contribution is 7.89. The van der Waals surface area contributed by atoms with Crippen molar-refractivity contribution in [1.29, 1.82) is 0 Å². The zero-order valence-electron chi connectivity index (χ0n) is 19.6. The van der Waals surface area contributed by atoms with Gasteiger partial charge in [0.25, 0.3) is 0 Å². The third-order valence-corrected chi connectivity index (χ3v) is 8.09. The molecule has 1 aromatic heterocycles. The van der Waals surface area contributed by atoms with E-state index in [1.807, 2.05) is 32.2 Å². The van der Waals surface area contributed by atoms with Crippen LogP contribution in [0.25, 0.3) is 0 Å². The summed E-state index contributed by atoms with van der Waals surface area (Å²) in [7, 11) is 0.0914. The average Bonchev–Trinajstić information content (AvgIpc) is 2.93. The number of nitrogens with one attached hydrogen (secondary N) is 1. The molecular weight excluding hydrogens is 456 g/mol. The predicted molar refractivity (Wildman–Crippen MR) is 130 cm³/mol. The molecule has 0 aliphatic carbocycles. The van der Waals surface area contributed by atoms with Crippen molar-refractivity contribution in [2.24, 2.45) is 0 Å². The number of rotatable bonds is 5. The SMILES string of the molecule is CC1CC(=O)Nc2ccccc2N1C(=O)CN(C)c1ccc(S(=O)(=O)N2CCN(C)CC2)cn1. The number of pyridine rings is 1. The second-order valence-corrected chi connectivity index (χ2v) is 10.7. The molecule has 1 fully saturated rings. The summed E-state index contributed by atoms with van der Waals surface area (Å²) in [5.74, 6) is 0.160. The number of nitrogens with zero attached hydrogens (tertiary/aromatic N) is 5. The van der Waals surface area contributed by atoms with Crippen LogP contribution in [0, 0.1) is 0 Å². The number of anilines is 3. The van der Waals surface area contributed by atoms with Crippen molar-refractivity contribution in [2.45, 2.75) is 24.3 Å². The summed E-state index contributed by atoms with van der Waals surface area (Å²) in [4.78, 5) is 35.3. The highest BCUT2D eigenvalue weighted by Gasteiger charge is 2.31. The fourth-order valence-electron chi connectivity index (χ4n) is 4.26. The lowest BCUT2D eigenvalue weighted by molar-refractivity contribution is -0.118. The Morgan fingerprint density at radius 1 is 1.15 bits per heavy atom. The second-order valence-electron chi connectivity index (χ2n) is 8.80. The van der Waals surface area contributed by atoms with Crippen LogP contribution in [-0.2, 0) is 19.6 Å². The van der Waals surface area contributed by atoms with Crippen molar-refractivity contribution in [3.8, 4) is 0 Å². The van der Waals surface area contributed by atoms with Crippen molar-refractivity contribution >= 4 is 39.0 Å². The van der Waals surface area contributed by atoms with Gasteiger partial charge in [0, 0.05) is 51.9 Å². The molecule has 2 amide bonds. The van der Waals surface area contributed by atoms with Crippen LogP contribution in [0.15, 0.2) is 47.5 Å². The number of carbonyl (C=O) groups excluding carboxylic acids is 2.